The van der Waals surface area contributed by atoms with Crippen LogP contribution in [0.3, 0.4) is 0 Å². The molecule has 0 N–H and O–H groups in total. The lowest BCUT2D eigenvalue weighted by atomic mass is 9.76. The summed E-state index contributed by atoms with van der Waals surface area (Å²) in [5.74, 6) is -0.343. The summed E-state index contributed by atoms with van der Waals surface area (Å²) in [4.78, 5) is 25.2. The maximum absolute atomic E-state index is 12.7. The van der Waals surface area contributed by atoms with Crippen molar-refractivity contribution >= 4 is 17.3 Å². The molecule has 0 aromatic heterocycles. The first kappa shape index (κ1) is 13.9. The lowest BCUT2D eigenvalue weighted by molar-refractivity contribution is -0.112. The lowest BCUT2D eigenvalue weighted by Crippen LogP contribution is -2.31. The highest BCUT2D eigenvalue weighted by atomic mass is 16.5. The Morgan fingerprint density at radius 2 is 1.61 bits per heavy atom. The van der Waals surface area contributed by atoms with Crippen LogP contribution >= 0.6 is 0 Å². The van der Waals surface area contributed by atoms with E-state index in [-0.39, 0.29) is 5.92 Å². The van der Waals surface area contributed by atoms with Gasteiger partial charge in [-0.15, -0.1) is 0 Å². The molecule has 1 aliphatic carbocycles. The van der Waals surface area contributed by atoms with Gasteiger partial charge in [0.05, 0.1) is 12.2 Å². The lowest BCUT2D eigenvalue weighted by Gasteiger charge is -2.32. The molecule has 0 radical (unpaired) electrons. The molecule has 1 heterocycles. The molecule has 0 saturated heterocycles. The summed E-state index contributed by atoms with van der Waals surface area (Å²) < 4.78 is 5.83. The smallest absolute Gasteiger partial charge is 0.234 e. The molecular weight excluding hydrogens is 288 g/mol. The number of ether oxygens (including phenoxy) is 1. The molecule has 3 heteroatoms. The monoisotopic (exact) mass is 304 g/mol. The van der Waals surface area contributed by atoms with Crippen molar-refractivity contribution < 1.29 is 14.3 Å². The van der Waals surface area contributed by atoms with Crippen molar-refractivity contribution in [3.8, 4) is 0 Å². The molecule has 0 bridgehead atoms. The molecule has 1 aliphatic heterocycles. The molecule has 0 amide bonds. The Bertz CT molecular complexity index is 861. The molecule has 0 spiro atoms. The Labute approximate surface area is 134 Å². The van der Waals surface area contributed by atoms with Gasteiger partial charge in [0, 0.05) is 17.0 Å². The maximum Gasteiger partial charge on any atom is 0.234 e. The van der Waals surface area contributed by atoms with Crippen molar-refractivity contribution in [3.63, 3.8) is 0 Å². The average Bonchev–Trinajstić information content (AvgIpc) is 2.59. The molecule has 4 rings (SSSR count). The summed E-state index contributed by atoms with van der Waals surface area (Å²) in [5, 5.41) is 0. The highest BCUT2D eigenvalue weighted by molar-refractivity contribution is 6.52. The van der Waals surface area contributed by atoms with E-state index in [0.29, 0.717) is 29.9 Å². The number of aryl methyl sites for hydroxylation is 1. The first-order valence-corrected chi connectivity index (χ1v) is 7.79. The van der Waals surface area contributed by atoms with Crippen molar-refractivity contribution in [2.45, 2.75) is 19.3 Å². The van der Waals surface area contributed by atoms with Gasteiger partial charge in [-0.2, -0.15) is 0 Å². The van der Waals surface area contributed by atoms with E-state index in [1.807, 2.05) is 43.3 Å². The number of fused-ring (bicyclic) bond motifs is 2. The fourth-order valence-electron chi connectivity index (χ4n) is 3.56. The quantitative estimate of drug-likeness (QED) is 0.755. The Balaban J connectivity index is 1.95. The van der Waals surface area contributed by atoms with Gasteiger partial charge in [-0.3, -0.25) is 9.59 Å². The molecule has 0 saturated carbocycles. The molecule has 2 aromatic rings. The molecular formula is C20H16O3. The van der Waals surface area contributed by atoms with Gasteiger partial charge in [0.15, 0.2) is 0 Å². The number of rotatable bonds is 1. The van der Waals surface area contributed by atoms with Gasteiger partial charge in [0.1, 0.15) is 5.76 Å². The van der Waals surface area contributed by atoms with Crippen LogP contribution in [0.1, 0.15) is 39.4 Å². The van der Waals surface area contributed by atoms with E-state index in [2.05, 4.69) is 0 Å². The van der Waals surface area contributed by atoms with E-state index in [1.54, 1.807) is 12.1 Å². The van der Waals surface area contributed by atoms with Gasteiger partial charge in [-0.05, 0) is 24.5 Å². The molecule has 2 aliphatic rings. The number of hydrogen-bond donors (Lipinski definition) is 0. The summed E-state index contributed by atoms with van der Waals surface area (Å²) in [7, 11) is 0. The number of benzene rings is 2. The zero-order valence-electron chi connectivity index (χ0n) is 12.8. The zero-order chi connectivity index (χ0) is 16.0. The SMILES string of the molecule is Cc1ccccc1[C@H]1CCOC2=C1C(=O)C(=O)c1ccccc12. The fourth-order valence-corrected chi connectivity index (χ4v) is 3.56. The van der Waals surface area contributed by atoms with E-state index < -0.39 is 11.6 Å². The first-order chi connectivity index (χ1) is 11.2. The Kier molecular flexibility index (Phi) is 3.15. The van der Waals surface area contributed by atoms with Crippen LogP contribution in [0.25, 0.3) is 5.76 Å². The van der Waals surface area contributed by atoms with Crippen molar-refractivity contribution in [2.24, 2.45) is 0 Å². The topological polar surface area (TPSA) is 43.4 Å². The predicted molar refractivity (Wildman–Crippen MR) is 87.2 cm³/mol. The van der Waals surface area contributed by atoms with Gasteiger partial charge in [-0.1, -0.05) is 48.5 Å². The van der Waals surface area contributed by atoms with E-state index in [1.165, 1.54) is 0 Å². The van der Waals surface area contributed by atoms with Gasteiger partial charge < -0.3 is 4.74 Å². The second-order valence-electron chi connectivity index (χ2n) is 5.99. The third-order valence-electron chi connectivity index (χ3n) is 4.68. The van der Waals surface area contributed by atoms with Crippen LogP contribution in [-0.4, -0.2) is 18.2 Å². The van der Waals surface area contributed by atoms with Gasteiger partial charge in [-0.25, -0.2) is 0 Å². The number of hydrogen-bond acceptors (Lipinski definition) is 3. The van der Waals surface area contributed by atoms with E-state index >= 15 is 0 Å². The number of carbonyl (C=O) groups excluding carboxylic acids is 2. The van der Waals surface area contributed by atoms with Crippen molar-refractivity contribution in [1.29, 1.82) is 0 Å². The average molecular weight is 304 g/mol. The largest absolute Gasteiger partial charge is 0.492 e. The second kappa shape index (κ2) is 5.20. The van der Waals surface area contributed by atoms with Gasteiger partial charge >= 0.3 is 0 Å². The summed E-state index contributed by atoms with van der Waals surface area (Å²) in [6.07, 6.45) is 0.713. The minimum Gasteiger partial charge on any atom is -0.492 e. The highest BCUT2D eigenvalue weighted by Crippen LogP contribution is 2.43. The van der Waals surface area contributed by atoms with Crippen LogP contribution in [0.5, 0.6) is 0 Å². The molecule has 0 unspecified atom stereocenters. The third kappa shape index (κ3) is 2.04. The molecule has 3 nitrogen and oxygen atoms in total. The van der Waals surface area contributed by atoms with Crippen LogP contribution < -0.4 is 0 Å². The van der Waals surface area contributed by atoms with E-state index in [9.17, 15) is 9.59 Å². The van der Waals surface area contributed by atoms with Crippen molar-refractivity contribution in [2.75, 3.05) is 6.61 Å². The third-order valence-corrected chi connectivity index (χ3v) is 4.68. The molecule has 1 atom stereocenters. The fraction of sp³-hybridized carbons (Fsp3) is 0.200. The summed E-state index contributed by atoms with van der Waals surface area (Å²) in [5.41, 5.74) is 3.94. The normalized spacial score (nSPS) is 20.0. The van der Waals surface area contributed by atoms with Crippen molar-refractivity contribution in [3.05, 3.63) is 76.4 Å². The van der Waals surface area contributed by atoms with Crippen molar-refractivity contribution in [1.82, 2.24) is 0 Å². The van der Waals surface area contributed by atoms with Gasteiger partial charge in [0.25, 0.3) is 0 Å². The summed E-state index contributed by atoms with van der Waals surface area (Å²) in [6.45, 7) is 2.59. The number of allylic oxidation sites excluding steroid dienone is 1. The highest BCUT2D eigenvalue weighted by Gasteiger charge is 2.40. The van der Waals surface area contributed by atoms with Gasteiger partial charge in [0.2, 0.25) is 11.6 Å². The van der Waals surface area contributed by atoms with Crippen LogP contribution in [0.2, 0.25) is 0 Å². The molecule has 114 valence electrons. The van der Waals surface area contributed by atoms with Crippen LogP contribution in [0.15, 0.2) is 54.1 Å². The second-order valence-corrected chi connectivity index (χ2v) is 5.99. The van der Waals surface area contributed by atoms with E-state index in [4.69, 9.17) is 4.74 Å². The minimum absolute atomic E-state index is 0.0789. The number of Topliss-reactive ketones (excluding diaryl/α,β-unsaturated/α-hetero) is 2. The molecule has 2 aromatic carbocycles. The Morgan fingerprint density at radius 1 is 0.913 bits per heavy atom. The van der Waals surface area contributed by atoms with E-state index in [0.717, 1.165) is 16.7 Å². The van der Waals surface area contributed by atoms with Crippen LogP contribution in [0, 0.1) is 6.92 Å². The minimum atomic E-state index is -0.427. The van der Waals surface area contributed by atoms with Crippen LogP contribution in [-0.2, 0) is 9.53 Å². The summed E-state index contributed by atoms with van der Waals surface area (Å²) in [6, 6.07) is 15.2. The Morgan fingerprint density at radius 3 is 2.39 bits per heavy atom. The summed E-state index contributed by atoms with van der Waals surface area (Å²) >= 11 is 0. The molecule has 0 fully saturated rings. The number of carbonyl (C=O) groups is 2. The first-order valence-electron chi connectivity index (χ1n) is 7.79. The predicted octanol–water partition coefficient (Wildman–Crippen LogP) is 3.68. The standard InChI is InChI=1S/C20H16O3/c1-12-6-2-3-7-13(12)14-10-11-23-20-16-9-5-4-8-15(16)18(21)19(22)17(14)20/h2-9,14H,10-11H2,1H3/t14-/m1/s1. The Hall–Kier alpha value is -2.68. The number of ketones is 2. The maximum atomic E-state index is 12.7. The van der Waals surface area contributed by atoms with Crippen LogP contribution in [0.4, 0.5) is 0 Å². The zero-order valence-corrected chi connectivity index (χ0v) is 12.8. The molecule has 23 heavy (non-hydrogen) atoms.